The van der Waals surface area contributed by atoms with Gasteiger partial charge in [-0.1, -0.05) is 13.3 Å². The van der Waals surface area contributed by atoms with Crippen molar-refractivity contribution in [3.05, 3.63) is 0 Å². The molecule has 2 rings (SSSR count). The highest BCUT2D eigenvalue weighted by Crippen LogP contribution is 2.29. The van der Waals surface area contributed by atoms with Gasteiger partial charge in [0.15, 0.2) is 0 Å². The van der Waals surface area contributed by atoms with E-state index in [1.54, 1.807) is 4.31 Å². The van der Waals surface area contributed by atoms with Gasteiger partial charge in [0, 0.05) is 19.1 Å². The molecule has 2 fully saturated rings. The summed E-state index contributed by atoms with van der Waals surface area (Å²) >= 11 is 0. The van der Waals surface area contributed by atoms with Crippen molar-refractivity contribution < 1.29 is 8.42 Å². The smallest absolute Gasteiger partial charge is 0.214 e. The highest BCUT2D eigenvalue weighted by Gasteiger charge is 2.42. The van der Waals surface area contributed by atoms with Crippen LogP contribution in [0.5, 0.6) is 0 Å². The molecule has 0 bridgehead atoms. The molecule has 2 saturated heterocycles. The summed E-state index contributed by atoms with van der Waals surface area (Å²) in [6, 6.07) is 0.242. The molecular formula is C10H20N2O2S. The highest BCUT2D eigenvalue weighted by atomic mass is 32.2. The van der Waals surface area contributed by atoms with E-state index in [-0.39, 0.29) is 6.04 Å². The van der Waals surface area contributed by atoms with Crippen LogP contribution in [-0.2, 0) is 10.0 Å². The molecular weight excluding hydrogens is 212 g/mol. The van der Waals surface area contributed by atoms with Crippen LogP contribution in [0.2, 0.25) is 0 Å². The van der Waals surface area contributed by atoms with Crippen LogP contribution >= 0.6 is 0 Å². The SMILES string of the molecule is CCCCS(=O)(=O)N1CCC2CNCC21. The van der Waals surface area contributed by atoms with E-state index in [9.17, 15) is 8.42 Å². The molecule has 0 amide bonds. The second-order valence-electron chi connectivity index (χ2n) is 4.55. The molecule has 2 heterocycles. The van der Waals surface area contributed by atoms with E-state index in [2.05, 4.69) is 5.32 Å². The van der Waals surface area contributed by atoms with Crippen LogP contribution in [0, 0.1) is 5.92 Å². The summed E-state index contributed by atoms with van der Waals surface area (Å²) in [4.78, 5) is 0. The van der Waals surface area contributed by atoms with Crippen LogP contribution in [0.4, 0.5) is 0 Å². The maximum absolute atomic E-state index is 12.0. The summed E-state index contributed by atoms with van der Waals surface area (Å²) in [5.41, 5.74) is 0. The van der Waals surface area contributed by atoms with E-state index in [1.165, 1.54) is 0 Å². The van der Waals surface area contributed by atoms with Gasteiger partial charge in [0.05, 0.1) is 5.75 Å². The Morgan fingerprint density at radius 1 is 1.40 bits per heavy atom. The second-order valence-corrected chi connectivity index (χ2v) is 6.60. The third kappa shape index (κ3) is 2.19. The molecule has 5 heteroatoms. The Morgan fingerprint density at radius 3 is 2.93 bits per heavy atom. The first-order valence-electron chi connectivity index (χ1n) is 5.85. The van der Waals surface area contributed by atoms with E-state index >= 15 is 0 Å². The van der Waals surface area contributed by atoms with Gasteiger partial charge in [-0.05, 0) is 25.3 Å². The molecule has 0 saturated carbocycles. The van der Waals surface area contributed by atoms with Crippen LogP contribution in [0.1, 0.15) is 26.2 Å². The number of hydrogen-bond acceptors (Lipinski definition) is 3. The fourth-order valence-electron chi connectivity index (χ4n) is 2.60. The number of fused-ring (bicyclic) bond motifs is 1. The zero-order chi connectivity index (χ0) is 10.9. The van der Waals surface area contributed by atoms with Gasteiger partial charge in [-0.15, -0.1) is 0 Å². The van der Waals surface area contributed by atoms with Crippen molar-refractivity contribution in [1.82, 2.24) is 9.62 Å². The van der Waals surface area contributed by atoms with E-state index in [0.717, 1.165) is 38.9 Å². The Balaban J connectivity index is 2.04. The van der Waals surface area contributed by atoms with Gasteiger partial charge in [-0.25, -0.2) is 8.42 Å². The molecule has 15 heavy (non-hydrogen) atoms. The number of nitrogens with one attached hydrogen (secondary N) is 1. The molecule has 2 atom stereocenters. The molecule has 2 aliphatic heterocycles. The Hall–Kier alpha value is -0.130. The predicted molar refractivity (Wildman–Crippen MR) is 60.2 cm³/mol. The third-order valence-corrected chi connectivity index (χ3v) is 5.48. The molecule has 2 aliphatic rings. The van der Waals surface area contributed by atoms with Gasteiger partial charge in [0.1, 0.15) is 0 Å². The van der Waals surface area contributed by atoms with Crippen LogP contribution in [-0.4, -0.2) is 44.2 Å². The molecule has 0 spiro atoms. The fourth-order valence-corrected chi connectivity index (χ4v) is 4.53. The van der Waals surface area contributed by atoms with Crippen molar-refractivity contribution in [3.63, 3.8) is 0 Å². The first-order valence-corrected chi connectivity index (χ1v) is 7.46. The number of hydrogen-bond donors (Lipinski definition) is 1. The summed E-state index contributed by atoms with van der Waals surface area (Å²) < 4.78 is 25.8. The molecule has 0 aromatic carbocycles. The average Bonchev–Trinajstić information content (AvgIpc) is 2.74. The van der Waals surface area contributed by atoms with Crippen LogP contribution < -0.4 is 5.32 Å². The number of unbranched alkanes of at least 4 members (excludes halogenated alkanes) is 1. The van der Waals surface area contributed by atoms with Crippen molar-refractivity contribution in [2.24, 2.45) is 5.92 Å². The van der Waals surface area contributed by atoms with Gasteiger partial charge < -0.3 is 5.32 Å². The summed E-state index contributed by atoms with van der Waals surface area (Å²) in [7, 11) is -2.98. The molecule has 88 valence electrons. The van der Waals surface area contributed by atoms with Crippen LogP contribution in [0.3, 0.4) is 0 Å². The molecule has 1 N–H and O–H groups in total. The van der Waals surface area contributed by atoms with Gasteiger partial charge in [-0.2, -0.15) is 4.31 Å². The monoisotopic (exact) mass is 232 g/mol. The fraction of sp³-hybridized carbons (Fsp3) is 1.00. The lowest BCUT2D eigenvalue weighted by Gasteiger charge is -2.22. The average molecular weight is 232 g/mol. The number of rotatable bonds is 4. The third-order valence-electron chi connectivity index (χ3n) is 3.51. The molecule has 0 aromatic rings. The Morgan fingerprint density at radius 2 is 2.20 bits per heavy atom. The van der Waals surface area contributed by atoms with Gasteiger partial charge >= 0.3 is 0 Å². The first kappa shape index (κ1) is 11.4. The van der Waals surface area contributed by atoms with Crippen molar-refractivity contribution in [3.8, 4) is 0 Å². The normalized spacial score (nSPS) is 32.1. The standard InChI is InChI=1S/C10H20N2O2S/c1-2-3-6-15(13,14)12-5-4-9-7-11-8-10(9)12/h9-11H,2-8H2,1H3. The van der Waals surface area contributed by atoms with Crippen molar-refractivity contribution in [1.29, 1.82) is 0 Å². The lowest BCUT2D eigenvalue weighted by molar-refractivity contribution is 0.382. The van der Waals surface area contributed by atoms with E-state index < -0.39 is 10.0 Å². The summed E-state index contributed by atoms with van der Waals surface area (Å²) in [5.74, 6) is 0.883. The molecule has 0 radical (unpaired) electrons. The Labute approximate surface area is 92.1 Å². The Kier molecular flexibility index (Phi) is 3.33. The summed E-state index contributed by atoms with van der Waals surface area (Å²) in [5, 5.41) is 3.28. The topological polar surface area (TPSA) is 49.4 Å². The number of nitrogens with zero attached hydrogens (tertiary/aromatic N) is 1. The Bertz CT molecular complexity index is 315. The lowest BCUT2D eigenvalue weighted by atomic mass is 10.1. The van der Waals surface area contributed by atoms with Crippen LogP contribution in [0.25, 0.3) is 0 Å². The lowest BCUT2D eigenvalue weighted by Crippen LogP contribution is -2.40. The van der Waals surface area contributed by atoms with Crippen molar-refractivity contribution in [2.45, 2.75) is 32.2 Å². The van der Waals surface area contributed by atoms with Crippen molar-refractivity contribution >= 4 is 10.0 Å². The maximum Gasteiger partial charge on any atom is 0.214 e. The maximum atomic E-state index is 12.0. The highest BCUT2D eigenvalue weighted by molar-refractivity contribution is 7.89. The number of sulfonamides is 1. The van der Waals surface area contributed by atoms with Gasteiger partial charge in [-0.3, -0.25) is 0 Å². The van der Waals surface area contributed by atoms with E-state index in [1.807, 2.05) is 6.92 Å². The minimum Gasteiger partial charge on any atom is -0.315 e. The predicted octanol–water partition coefficient (Wildman–Crippen LogP) is 0.410. The zero-order valence-electron chi connectivity index (χ0n) is 9.28. The quantitative estimate of drug-likeness (QED) is 0.764. The zero-order valence-corrected chi connectivity index (χ0v) is 10.1. The summed E-state index contributed by atoms with van der Waals surface area (Å²) in [6.07, 6.45) is 2.76. The molecule has 0 aliphatic carbocycles. The minimum absolute atomic E-state index is 0.242. The van der Waals surface area contributed by atoms with Crippen molar-refractivity contribution in [2.75, 3.05) is 25.4 Å². The van der Waals surface area contributed by atoms with Crippen LogP contribution in [0.15, 0.2) is 0 Å². The van der Waals surface area contributed by atoms with Gasteiger partial charge in [0.2, 0.25) is 10.0 Å². The summed E-state index contributed by atoms with van der Waals surface area (Å²) in [6.45, 7) is 4.60. The molecule has 2 unspecified atom stereocenters. The first-order chi connectivity index (χ1) is 7.15. The molecule has 4 nitrogen and oxygen atoms in total. The molecule has 0 aromatic heterocycles. The minimum atomic E-state index is -2.98. The van der Waals surface area contributed by atoms with E-state index in [4.69, 9.17) is 0 Å². The second kappa shape index (κ2) is 4.39. The largest absolute Gasteiger partial charge is 0.315 e. The van der Waals surface area contributed by atoms with Gasteiger partial charge in [0.25, 0.3) is 0 Å². The van der Waals surface area contributed by atoms with E-state index in [0.29, 0.717) is 11.7 Å².